The molecule has 32 heavy (non-hydrogen) atoms. The van der Waals surface area contributed by atoms with Crippen LogP contribution in [0, 0.1) is 17.0 Å². The van der Waals surface area contributed by atoms with Crippen LogP contribution < -0.4 is 5.32 Å². The number of hydrogen-bond donors (Lipinski definition) is 1. The molecule has 0 aliphatic heterocycles. The van der Waals surface area contributed by atoms with Crippen LogP contribution in [-0.2, 0) is 13.0 Å². The van der Waals surface area contributed by atoms with Crippen molar-refractivity contribution < 1.29 is 9.34 Å². The van der Waals surface area contributed by atoms with E-state index in [2.05, 4.69) is 15.4 Å². The van der Waals surface area contributed by atoms with Crippen LogP contribution in [0.25, 0.3) is 17.1 Å². The first-order valence-corrected chi connectivity index (χ1v) is 10.6. The number of pyridine rings is 1. The fraction of sp³-hybridized carbons (Fsp3) is 0.250. The third kappa shape index (κ3) is 5.03. The first-order chi connectivity index (χ1) is 15.5. The molecule has 3 heterocycles. The molecule has 3 aromatic heterocycles. The first-order valence-electron chi connectivity index (χ1n) is 10.6. The number of rotatable bonds is 7. The SMILES string of the molecule is CC.CCc1cc(-c2ccc(C)o2)n(-c2ccc(NCc3cccnc3)c([N+](=O)[O-])c2)n1. The van der Waals surface area contributed by atoms with Gasteiger partial charge in [0.25, 0.3) is 5.69 Å². The summed E-state index contributed by atoms with van der Waals surface area (Å²) < 4.78 is 7.46. The van der Waals surface area contributed by atoms with Gasteiger partial charge in [-0.15, -0.1) is 0 Å². The van der Waals surface area contributed by atoms with E-state index in [-0.39, 0.29) is 5.69 Å². The molecule has 0 saturated carbocycles. The molecular formula is C24H27N5O3. The molecule has 0 unspecified atom stereocenters. The van der Waals surface area contributed by atoms with Crippen LogP contribution in [-0.4, -0.2) is 19.7 Å². The Balaban J connectivity index is 0.00000141. The largest absolute Gasteiger partial charge is 0.460 e. The number of nitrogens with zero attached hydrogens (tertiary/aromatic N) is 4. The van der Waals surface area contributed by atoms with Crippen molar-refractivity contribution in [1.29, 1.82) is 0 Å². The molecule has 4 aromatic rings. The molecule has 0 fully saturated rings. The van der Waals surface area contributed by atoms with Crippen molar-refractivity contribution in [3.63, 3.8) is 0 Å². The Morgan fingerprint density at radius 1 is 1.16 bits per heavy atom. The molecule has 8 nitrogen and oxygen atoms in total. The minimum Gasteiger partial charge on any atom is -0.460 e. The lowest BCUT2D eigenvalue weighted by atomic mass is 10.2. The summed E-state index contributed by atoms with van der Waals surface area (Å²) >= 11 is 0. The number of nitro benzene ring substituents is 1. The average molecular weight is 434 g/mol. The fourth-order valence-electron chi connectivity index (χ4n) is 3.20. The molecule has 0 bridgehead atoms. The van der Waals surface area contributed by atoms with Gasteiger partial charge >= 0.3 is 0 Å². The highest BCUT2D eigenvalue weighted by Gasteiger charge is 2.19. The monoisotopic (exact) mass is 433 g/mol. The van der Waals surface area contributed by atoms with Gasteiger partial charge in [-0.05, 0) is 55.3 Å². The Morgan fingerprint density at radius 3 is 2.59 bits per heavy atom. The standard InChI is InChI=1S/C22H21N5O3.C2H6/c1-3-17-11-21(22-9-6-15(2)30-22)26(25-17)18-7-8-19(20(12-18)27(28)29)24-14-16-5-4-10-23-13-16;1-2/h4-13,24H,3,14H2,1-2H3;1-2H3. The first kappa shape index (κ1) is 22.7. The lowest BCUT2D eigenvalue weighted by molar-refractivity contribution is -0.383. The third-order valence-corrected chi connectivity index (χ3v) is 4.74. The number of benzene rings is 1. The van der Waals surface area contributed by atoms with E-state index in [1.54, 1.807) is 23.1 Å². The van der Waals surface area contributed by atoms with E-state index in [0.717, 1.165) is 29.1 Å². The normalized spacial score (nSPS) is 10.4. The van der Waals surface area contributed by atoms with Gasteiger partial charge < -0.3 is 9.73 Å². The van der Waals surface area contributed by atoms with E-state index in [1.807, 2.05) is 64.1 Å². The molecule has 4 rings (SSSR count). The van der Waals surface area contributed by atoms with E-state index in [4.69, 9.17) is 4.42 Å². The summed E-state index contributed by atoms with van der Waals surface area (Å²) in [6, 6.07) is 14.5. The summed E-state index contributed by atoms with van der Waals surface area (Å²) in [5, 5.41) is 19.5. The highest BCUT2D eigenvalue weighted by Crippen LogP contribution is 2.31. The van der Waals surface area contributed by atoms with Crippen LogP contribution >= 0.6 is 0 Å². The number of nitro groups is 1. The van der Waals surface area contributed by atoms with E-state index in [9.17, 15) is 10.1 Å². The molecule has 0 saturated heterocycles. The maximum atomic E-state index is 11.7. The van der Waals surface area contributed by atoms with Gasteiger partial charge in [0.2, 0.25) is 0 Å². The van der Waals surface area contributed by atoms with Crippen molar-refractivity contribution in [1.82, 2.24) is 14.8 Å². The highest BCUT2D eigenvalue weighted by molar-refractivity contribution is 5.67. The molecule has 0 spiro atoms. The number of anilines is 1. The summed E-state index contributed by atoms with van der Waals surface area (Å²) in [5.41, 5.74) is 3.58. The van der Waals surface area contributed by atoms with Crippen LogP contribution in [0.5, 0.6) is 0 Å². The third-order valence-electron chi connectivity index (χ3n) is 4.74. The predicted molar refractivity (Wildman–Crippen MR) is 125 cm³/mol. The Bertz CT molecular complexity index is 1180. The van der Waals surface area contributed by atoms with Gasteiger partial charge in [-0.25, -0.2) is 4.68 Å². The van der Waals surface area contributed by atoms with Crippen LogP contribution in [0.2, 0.25) is 0 Å². The summed E-state index contributed by atoms with van der Waals surface area (Å²) in [7, 11) is 0. The van der Waals surface area contributed by atoms with Crippen molar-refractivity contribution >= 4 is 11.4 Å². The molecule has 0 radical (unpaired) electrons. The molecule has 1 N–H and O–H groups in total. The molecule has 0 amide bonds. The zero-order valence-electron chi connectivity index (χ0n) is 18.7. The molecule has 166 valence electrons. The van der Waals surface area contributed by atoms with E-state index < -0.39 is 4.92 Å². The Kier molecular flexibility index (Phi) is 7.38. The van der Waals surface area contributed by atoms with Crippen molar-refractivity contribution in [3.8, 4) is 17.1 Å². The van der Waals surface area contributed by atoms with Gasteiger partial charge in [-0.3, -0.25) is 15.1 Å². The lowest BCUT2D eigenvalue weighted by Gasteiger charge is -2.10. The minimum atomic E-state index is -0.393. The van der Waals surface area contributed by atoms with Crippen LogP contribution in [0.3, 0.4) is 0 Å². The van der Waals surface area contributed by atoms with E-state index >= 15 is 0 Å². The van der Waals surface area contributed by atoms with E-state index in [0.29, 0.717) is 23.7 Å². The molecule has 8 heteroatoms. The summed E-state index contributed by atoms with van der Waals surface area (Å²) in [4.78, 5) is 15.4. The smallest absolute Gasteiger partial charge is 0.294 e. The van der Waals surface area contributed by atoms with Gasteiger partial charge in [0, 0.05) is 25.0 Å². The second-order valence-corrected chi connectivity index (χ2v) is 6.87. The molecule has 0 aliphatic carbocycles. The van der Waals surface area contributed by atoms with Crippen molar-refractivity contribution in [2.75, 3.05) is 5.32 Å². The molecule has 0 atom stereocenters. The number of nitrogens with one attached hydrogen (secondary N) is 1. The number of aromatic nitrogens is 3. The van der Waals surface area contributed by atoms with Crippen molar-refractivity contribution in [2.45, 2.75) is 40.7 Å². The minimum absolute atomic E-state index is 0.0217. The second kappa shape index (κ2) is 10.4. The van der Waals surface area contributed by atoms with Crippen LogP contribution in [0.4, 0.5) is 11.4 Å². The predicted octanol–water partition coefficient (Wildman–Crippen LogP) is 5.94. The van der Waals surface area contributed by atoms with Crippen LogP contribution in [0.15, 0.2) is 65.3 Å². The summed E-state index contributed by atoms with van der Waals surface area (Å²) in [6.45, 7) is 8.32. The molecule has 0 aliphatic rings. The quantitative estimate of drug-likeness (QED) is 0.286. The summed E-state index contributed by atoms with van der Waals surface area (Å²) in [6.07, 6.45) is 4.15. The van der Waals surface area contributed by atoms with Crippen molar-refractivity contribution in [2.24, 2.45) is 0 Å². The fourth-order valence-corrected chi connectivity index (χ4v) is 3.20. The number of furan rings is 1. The topological polar surface area (TPSA) is 99.0 Å². The maximum absolute atomic E-state index is 11.7. The Hall–Kier alpha value is -3.94. The number of aryl methyl sites for hydroxylation is 2. The van der Waals surface area contributed by atoms with Crippen molar-refractivity contribution in [3.05, 3.63) is 88.1 Å². The molecule has 1 aromatic carbocycles. The maximum Gasteiger partial charge on any atom is 0.294 e. The average Bonchev–Trinajstić information content (AvgIpc) is 3.45. The Labute approximate surface area is 187 Å². The van der Waals surface area contributed by atoms with Gasteiger partial charge in [0.05, 0.1) is 16.3 Å². The van der Waals surface area contributed by atoms with E-state index in [1.165, 1.54) is 6.07 Å². The van der Waals surface area contributed by atoms with Gasteiger partial charge in [0.1, 0.15) is 17.1 Å². The van der Waals surface area contributed by atoms with Gasteiger partial charge in [0.15, 0.2) is 5.76 Å². The Morgan fingerprint density at radius 2 is 1.97 bits per heavy atom. The zero-order chi connectivity index (χ0) is 23.1. The highest BCUT2D eigenvalue weighted by atomic mass is 16.6. The van der Waals surface area contributed by atoms with Crippen LogP contribution in [0.1, 0.15) is 37.8 Å². The summed E-state index contributed by atoms with van der Waals surface area (Å²) in [5.74, 6) is 1.46. The number of hydrogen-bond acceptors (Lipinski definition) is 6. The molecular weight excluding hydrogens is 406 g/mol. The lowest BCUT2D eigenvalue weighted by Crippen LogP contribution is -2.05. The zero-order valence-corrected chi connectivity index (χ0v) is 18.7. The van der Waals surface area contributed by atoms with Gasteiger partial charge in [-0.1, -0.05) is 26.8 Å². The van der Waals surface area contributed by atoms with Gasteiger partial charge in [-0.2, -0.15) is 5.10 Å². The second-order valence-electron chi connectivity index (χ2n) is 6.87.